The maximum absolute atomic E-state index is 13.6. The van der Waals surface area contributed by atoms with E-state index >= 15 is 0 Å². The number of carbonyl (C=O) groups is 2. The molecule has 1 aromatic carbocycles. The molecule has 0 bridgehead atoms. The average molecular weight is 513 g/mol. The van der Waals surface area contributed by atoms with Crippen LogP contribution in [0.2, 0.25) is 0 Å². The smallest absolute Gasteiger partial charge is 0.307 e. The average Bonchev–Trinajstić information content (AvgIpc) is 2.92. The number of sulfone groups is 1. The molecule has 0 amide bonds. The van der Waals surface area contributed by atoms with Crippen molar-refractivity contribution >= 4 is 21.8 Å². The van der Waals surface area contributed by atoms with Crippen molar-refractivity contribution < 1.29 is 32.2 Å². The second kappa shape index (κ2) is 12.7. The zero-order valence-corrected chi connectivity index (χ0v) is 22.5. The molecule has 1 heterocycles. The molecule has 9 nitrogen and oxygen atoms in total. The molecule has 0 unspecified atom stereocenters. The predicted octanol–water partition coefficient (Wildman–Crippen LogP) is 3.06. The van der Waals surface area contributed by atoms with E-state index in [2.05, 4.69) is 17.6 Å². The summed E-state index contributed by atoms with van der Waals surface area (Å²) in [5.74, 6) is -0.371. The lowest BCUT2D eigenvalue weighted by Gasteiger charge is -2.34. The van der Waals surface area contributed by atoms with Gasteiger partial charge in [-0.05, 0) is 37.5 Å². The Kier molecular flexibility index (Phi) is 10.5. The monoisotopic (exact) mass is 512 g/mol. The van der Waals surface area contributed by atoms with Crippen molar-refractivity contribution in [3.05, 3.63) is 23.3 Å². The minimum Gasteiger partial charge on any atom is -0.496 e. The molecule has 1 aliphatic rings. The van der Waals surface area contributed by atoms with E-state index in [-0.39, 0.29) is 31.2 Å². The first-order chi connectivity index (χ1) is 16.5. The van der Waals surface area contributed by atoms with Crippen molar-refractivity contribution in [3.63, 3.8) is 0 Å². The second-order valence-corrected chi connectivity index (χ2v) is 11.2. The van der Waals surface area contributed by atoms with Crippen molar-refractivity contribution in [2.45, 2.75) is 88.4 Å². The number of carbonyl (C=O) groups excluding carboxylic acids is 2. The fourth-order valence-corrected chi connectivity index (χ4v) is 6.89. The number of fused-ring (bicyclic) bond motifs is 1. The van der Waals surface area contributed by atoms with Crippen LogP contribution >= 0.6 is 0 Å². The molecule has 0 aromatic heterocycles. The highest BCUT2D eigenvalue weighted by molar-refractivity contribution is 7.91. The fourth-order valence-electron chi connectivity index (χ4n) is 4.65. The Morgan fingerprint density at radius 3 is 2.29 bits per heavy atom. The SMILES string of the molecule is CCCC[C@]1(CC)CS(=O)(=O)c2cc(CNC(CC(=O)OC)CC(=O)OC)c(OC)cc2[C@@H](C)N1. The lowest BCUT2D eigenvalue weighted by atomic mass is 9.90. The summed E-state index contributed by atoms with van der Waals surface area (Å²) in [6.45, 7) is 6.31. The van der Waals surface area contributed by atoms with Crippen LogP contribution in [0.15, 0.2) is 17.0 Å². The third-order valence-corrected chi connectivity index (χ3v) is 8.71. The van der Waals surface area contributed by atoms with E-state index in [0.717, 1.165) is 19.3 Å². The quantitative estimate of drug-likeness (QED) is 0.407. The van der Waals surface area contributed by atoms with Crippen LogP contribution in [-0.4, -0.2) is 59.0 Å². The van der Waals surface area contributed by atoms with Gasteiger partial charge in [0.2, 0.25) is 0 Å². The normalized spacial score (nSPS) is 21.2. The lowest BCUT2D eigenvalue weighted by molar-refractivity contribution is -0.143. The number of ether oxygens (including phenoxy) is 3. The summed E-state index contributed by atoms with van der Waals surface area (Å²) in [4.78, 5) is 23.9. The summed E-state index contributed by atoms with van der Waals surface area (Å²) in [7, 11) is 0.510. The van der Waals surface area contributed by atoms with Gasteiger partial charge in [0.1, 0.15) is 5.75 Å². The molecule has 2 rings (SSSR count). The zero-order valence-electron chi connectivity index (χ0n) is 21.7. The molecule has 2 atom stereocenters. The number of nitrogens with one attached hydrogen (secondary N) is 2. The Morgan fingerprint density at radius 2 is 1.77 bits per heavy atom. The summed E-state index contributed by atoms with van der Waals surface area (Å²) in [6, 6.07) is 2.72. The van der Waals surface area contributed by atoms with Gasteiger partial charge in [0.15, 0.2) is 9.84 Å². The van der Waals surface area contributed by atoms with Gasteiger partial charge in [-0.1, -0.05) is 26.7 Å². The number of rotatable bonds is 12. The number of methoxy groups -OCH3 is 3. The largest absolute Gasteiger partial charge is 0.496 e. The molecule has 0 spiro atoms. The molecule has 10 heteroatoms. The number of hydrogen-bond donors (Lipinski definition) is 2. The van der Waals surface area contributed by atoms with Gasteiger partial charge in [0.25, 0.3) is 0 Å². The van der Waals surface area contributed by atoms with Crippen LogP contribution in [0, 0.1) is 0 Å². The van der Waals surface area contributed by atoms with Crippen LogP contribution in [0.5, 0.6) is 5.75 Å². The van der Waals surface area contributed by atoms with Gasteiger partial charge in [0.05, 0.1) is 44.8 Å². The Labute approximate surface area is 209 Å². The minimum atomic E-state index is -3.59. The van der Waals surface area contributed by atoms with Crippen molar-refractivity contribution in [1.82, 2.24) is 10.6 Å². The molecule has 1 aliphatic heterocycles. The highest BCUT2D eigenvalue weighted by atomic mass is 32.2. The summed E-state index contributed by atoms with van der Waals surface area (Å²) < 4.78 is 42.3. The highest BCUT2D eigenvalue weighted by Crippen LogP contribution is 2.38. The van der Waals surface area contributed by atoms with Crippen molar-refractivity contribution in [1.29, 1.82) is 0 Å². The van der Waals surface area contributed by atoms with E-state index in [1.54, 1.807) is 12.1 Å². The van der Waals surface area contributed by atoms with Gasteiger partial charge in [-0.2, -0.15) is 0 Å². The Bertz CT molecular complexity index is 978. The molecule has 0 saturated carbocycles. The second-order valence-electron chi connectivity index (χ2n) is 9.20. The van der Waals surface area contributed by atoms with Crippen molar-refractivity contribution in [2.24, 2.45) is 0 Å². The van der Waals surface area contributed by atoms with Gasteiger partial charge >= 0.3 is 11.9 Å². The number of esters is 2. The van der Waals surface area contributed by atoms with E-state index in [1.807, 2.05) is 13.8 Å². The molecule has 0 aliphatic carbocycles. The molecular weight excluding hydrogens is 472 g/mol. The van der Waals surface area contributed by atoms with Crippen LogP contribution in [-0.2, 0) is 35.4 Å². The topological polar surface area (TPSA) is 120 Å². The summed E-state index contributed by atoms with van der Waals surface area (Å²) in [5, 5.41) is 6.78. The van der Waals surface area contributed by atoms with E-state index in [9.17, 15) is 18.0 Å². The van der Waals surface area contributed by atoms with Crippen LogP contribution in [0.4, 0.5) is 0 Å². The minimum absolute atomic E-state index is 0.0281. The van der Waals surface area contributed by atoms with Crippen LogP contribution in [0.25, 0.3) is 0 Å². The molecule has 0 fully saturated rings. The highest BCUT2D eigenvalue weighted by Gasteiger charge is 2.40. The first kappa shape index (κ1) is 29.1. The Balaban J connectivity index is 2.42. The molecule has 35 heavy (non-hydrogen) atoms. The Hall–Kier alpha value is -2.17. The van der Waals surface area contributed by atoms with E-state index in [1.165, 1.54) is 21.3 Å². The lowest BCUT2D eigenvalue weighted by Crippen LogP contribution is -2.49. The zero-order chi connectivity index (χ0) is 26.2. The number of unbranched alkanes of at least 4 members (excludes halogenated alkanes) is 1. The van der Waals surface area contributed by atoms with Crippen LogP contribution < -0.4 is 15.4 Å². The molecule has 198 valence electrons. The van der Waals surface area contributed by atoms with Gasteiger partial charge in [-0.3, -0.25) is 9.59 Å². The molecule has 1 aromatic rings. The third kappa shape index (κ3) is 7.41. The van der Waals surface area contributed by atoms with Gasteiger partial charge < -0.3 is 24.8 Å². The van der Waals surface area contributed by atoms with Gasteiger partial charge in [0, 0.05) is 29.7 Å². The number of benzene rings is 1. The molecular formula is C25H40N2O7S. The van der Waals surface area contributed by atoms with Crippen molar-refractivity contribution in [2.75, 3.05) is 27.1 Å². The number of hydrogen-bond acceptors (Lipinski definition) is 9. The maximum atomic E-state index is 13.6. The van der Waals surface area contributed by atoms with Gasteiger partial charge in [-0.15, -0.1) is 0 Å². The Morgan fingerprint density at radius 1 is 1.14 bits per heavy atom. The van der Waals surface area contributed by atoms with Crippen molar-refractivity contribution in [3.8, 4) is 5.75 Å². The fraction of sp³-hybridized carbons (Fsp3) is 0.680. The summed E-state index contributed by atoms with van der Waals surface area (Å²) >= 11 is 0. The maximum Gasteiger partial charge on any atom is 0.307 e. The molecule has 0 saturated heterocycles. The molecule has 0 radical (unpaired) electrons. The van der Waals surface area contributed by atoms with E-state index in [4.69, 9.17) is 14.2 Å². The summed E-state index contributed by atoms with van der Waals surface area (Å²) in [5.41, 5.74) is 0.808. The van der Waals surface area contributed by atoms with E-state index in [0.29, 0.717) is 28.2 Å². The van der Waals surface area contributed by atoms with Gasteiger partial charge in [-0.25, -0.2) is 8.42 Å². The standard InChI is InChI=1S/C25H40N2O7S/c1-7-9-10-25(8-2)16-35(30,31)22-11-18(21(32-4)14-20(22)17(3)27-25)15-26-19(12-23(28)33-5)13-24(29)34-6/h11,14,17,19,26-27H,7-10,12-13,15-16H2,1-6H3/t17-,25-/m1/s1. The first-order valence-corrected chi connectivity index (χ1v) is 13.8. The third-order valence-electron chi connectivity index (χ3n) is 6.75. The summed E-state index contributed by atoms with van der Waals surface area (Å²) in [6.07, 6.45) is 3.36. The van der Waals surface area contributed by atoms with Crippen LogP contribution in [0.3, 0.4) is 0 Å². The van der Waals surface area contributed by atoms with Crippen LogP contribution in [0.1, 0.15) is 76.5 Å². The first-order valence-electron chi connectivity index (χ1n) is 12.1. The van der Waals surface area contributed by atoms with E-state index < -0.39 is 33.4 Å². The molecule has 2 N–H and O–H groups in total. The predicted molar refractivity (Wildman–Crippen MR) is 133 cm³/mol.